The molecule has 0 radical (unpaired) electrons. The molecular weight excluding hydrogens is 358 g/mol. The minimum atomic E-state index is -0.636. The maximum Gasteiger partial charge on any atom is 0.139 e. The van der Waals surface area contributed by atoms with Gasteiger partial charge >= 0.3 is 0 Å². The van der Waals surface area contributed by atoms with Gasteiger partial charge in [0.1, 0.15) is 5.78 Å². The summed E-state index contributed by atoms with van der Waals surface area (Å²) in [5.74, 6) is 3.01. The summed E-state index contributed by atoms with van der Waals surface area (Å²) in [5, 5.41) is 15.4. The largest absolute Gasteiger partial charge is 0.389 e. The Morgan fingerprint density at radius 3 is 2.62 bits per heavy atom. The lowest BCUT2D eigenvalue weighted by Gasteiger charge is -2.64. The lowest BCUT2D eigenvalue weighted by atomic mass is 9.42. The predicted octanol–water partition coefficient (Wildman–Crippen LogP) is 4.66. The Morgan fingerprint density at radius 2 is 1.86 bits per heavy atom. The molecule has 0 spiro atoms. The molecule has 160 valence electrons. The summed E-state index contributed by atoms with van der Waals surface area (Å²) in [5.41, 5.74) is 0.434. The van der Waals surface area contributed by atoms with Gasteiger partial charge in [-0.15, -0.1) is 0 Å². The molecule has 3 heteroatoms. The fraction of sp³-hybridized carbons (Fsp3) is 0.808. The molecule has 5 aliphatic rings. The summed E-state index contributed by atoms with van der Waals surface area (Å²) in [7, 11) is 0. The monoisotopic (exact) mass is 397 g/mol. The van der Waals surface area contributed by atoms with Crippen molar-refractivity contribution in [2.45, 2.75) is 77.2 Å². The molecule has 1 saturated heterocycles. The summed E-state index contributed by atoms with van der Waals surface area (Å²) < 4.78 is 0. The third-order valence-corrected chi connectivity index (χ3v) is 10.2. The molecule has 2 N–H and O–H groups in total. The number of hydrogen-bond donors (Lipinski definition) is 2. The average molecular weight is 398 g/mol. The Morgan fingerprint density at radius 1 is 1.07 bits per heavy atom. The Kier molecular flexibility index (Phi) is 4.68. The number of fused-ring (bicyclic) bond motifs is 5. The van der Waals surface area contributed by atoms with Crippen LogP contribution < -0.4 is 5.32 Å². The maximum absolute atomic E-state index is 12.7. The van der Waals surface area contributed by atoms with E-state index in [0.29, 0.717) is 35.4 Å². The Bertz CT molecular complexity index is 737. The molecule has 0 bridgehead atoms. The molecule has 1 heterocycles. The molecule has 0 aromatic carbocycles. The molecule has 4 saturated carbocycles. The summed E-state index contributed by atoms with van der Waals surface area (Å²) in [6, 6.07) is 0. The van der Waals surface area contributed by atoms with Gasteiger partial charge in [0, 0.05) is 23.8 Å². The summed E-state index contributed by atoms with van der Waals surface area (Å²) >= 11 is 0. The van der Waals surface area contributed by atoms with Crippen molar-refractivity contribution < 1.29 is 9.90 Å². The molecular formula is C26H39NO2. The van der Waals surface area contributed by atoms with Crippen LogP contribution in [0.1, 0.15) is 71.6 Å². The fourth-order valence-corrected chi connectivity index (χ4v) is 8.30. The third kappa shape index (κ3) is 2.86. The van der Waals surface area contributed by atoms with Crippen molar-refractivity contribution in [3.8, 4) is 0 Å². The molecule has 0 unspecified atom stereocenters. The van der Waals surface area contributed by atoms with Crippen LogP contribution in [0.3, 0.4) is 0 Å². The first-order chi connectivity index (χ1) is 13.8. The van der Waals surface area contributed by atoms with Crippen LogP contribution in [0.25, 0.3) is 0 Å². The van der Waals surface area contributed by atoms with Crippen LogP contribution >= 0.6 is 0 Å². The van der Waals surface area contributed by atoms with Crippen LogP contribution in [0.4, 0.5) is 0 Å². The molecule has 29 heavy (non-hydrogen) atoms. The van der Waals surface area contributed by atoms with Crippen molar-refractivity contribution in [1.29, 1.82) is 0 Å². The quantitative estimate of drug-likeness (QED) is 0.666. The number of carbonyl (C=O) groups excluding carboxylic acids is 1. The highest BCUT2D eigenvalue weighted by molar-refractivity contribution is 5.87. The normalized spacial score (nSPS) is 52.4. The van der Waals surface area contributed by atoms with Crippen LogP contribution in [0.15, 0.2) is 24.3 Å². The van der Waals surface area contributed by atoms with Crippen molar-refractivity contribution in [3.05, 3.63) is 24.3 Å². The second-order valence-corrected chi connectivity index (χ2v) is 11.6. The highest BCUT2D eigenvalue weighted by atomic mass is 16.3. The van der Waals surface area contributed by atoms with E-state index < -0.39 is 5.60 Å². The van der Waals surface area contributed by atoms with Crippen LogP contribution in [0, 0.1) is 40.4 Å². The molecule has 8 atom stereocenters. The minimum Gasteiger partial charge on any atom is -0.389 e. The highest BCUT2D eigenvalue weighted by Crippen LogP contribution is 2.68. The molecule has 4 aliphatic carbocycles. The van der Waals surface area contributed by atoms with E-state index in [9.17, 15) is 9.90 Å². The first-order valence-electron chi connectivity index (χ1n) is 12.1. The lowest BCUT2D eigenvalue weighted by molar-refractivity contribution is -0.189. The first-order valence-corrected chi connectivity index (χ1v) is 12.1. The number of hydrogen-bond acceptors (Lipinski definition) is 3. The molecule has 5 rings (SSSR count). The predicted molar refractivity (Wildman–Crippen MR) is 116 cm³/mol. The van der Waals surface area contributed by atoms with Crippen LogP contribution in [0.2, 0.25) is 0 Å². The molecule has 5 fully saturated rings. The zero-order valence-electron chi connectivity index (χ0n) is 18.4. The van der Waals surface area contributed by atoms with Crippen molar-refractivity contribution in [1.82, 2.24) is 5.32 Å². The Hall–Kier alpha value is -0.930. The van der Waals surface area contributed by atoms with Gasteiger partial charge in [-0.2, -0.15) is 0 Å². The molecule has 1 aliphatic heterocycles. The van der Waals surface area contributed by atoms with E-state index >= 15 is 0 Å². The molecule has 3 nitrogen and oxygen atoms in total. The van der Waals surface area contributed by atoms with E-state index in [1.165, 1.54) is 18.4 Å². The zero-order valence-corrected chi connectivity index (χ0v) is 18.4. The van der Waals surface area contributed by atoms with Crippen LogP contribution in [-0.4, -0.2) is 29.6 Å². The van der Waals surface area contributed by atoms with E-state index in [0.717, 1.165) is 58.0 Å². The number of aliphatic hydroxyl groups is 1. The zero-order chi connectivity index (χ0) is 20.4. The van der Waals surface area contributed by atoms with E-state index in [-0.39, 0.29) is 10.8 Å². The maximum atomic E-state index is 12.7. The van der Waals surface area contributed by atoms with Crippen molar-refractivity contribution in [2.24, 2.45) is 40.4 Å². The lowest BCUT2D eigenvalue weighted by Crippen LogP contribution is -2.62. The van der Waals surface area contributed by atoms with Gasteiger partial charge in [-0.3, -0.25) is 4.79 Å². The first kappa shape index (κ1) is 20.0. The van der Waals surface area contributed by atoms with Gasteiger partial charge in [-0.1, -0.05) is 38.2 Å². The van der Waals surface area contributed by atoms with Gasteiger partial charge in [-0.25, -0.2) is 0 Å². The van der Waals surface area contributed by atoms with Gasteiger partial charge in [0.2, 0.25) is 0 Å². The average Bonchev–Trinajstić information content (AvgIpc) is 3.30. The van der Waals surface area contributed by atoms with Crippen LogP contribution in [0.5, 0.6) is 0 Å². The smallest absolute Gasteiger partial charge is 0.139 e. The summed E-state index contributed by atoms with van der Waals surface area (Å²) in [4.78, 5) is 12.7. The molecule has 0 aromatic heterocycles. The second-order valence-electron chi connectivity index (χ2n) is 11.6. The molecule has 0 aromatic rings. The number of ketones is 1. The van der Waals surface area contributed by atoms with Gasteiger partial charge < -0.3 is 10.4 Å². The summed E-state index contributed by atoms with van der Waals surface area (Å²) in [6.07, 6.45) is 13.8. The van der Waals surface area contributed by atoms with Crippen LogP contribution in [-0.2, 0) is 4.79 Å². The molecule has 0 amide bonds. The topological polar surface area (TPSA) is 49.3 Å². The number of nitrogens with one attached hydrogen (secondary N) is 1. The minimum absolute atomic E-state index is 0.0366. The SMILES string of the molecule is C=C1C[C@@]2(O)C[C@H](/C=C\[C@@H]3CCNC3)CC[C@]2(C)[C@H]2CC[C@]3(C)C(=O)CC[C@H]3[C@H]12. The number of rotatable bonds is 2. The van der Waals surface area contributed by atoms with Gasteiger partial charge in [0.05, 0.1) is 5.60 Å². The summed E-state index contributed by atoms with van der Waals surface area (Å²) in [6.45, 7) is 11.3. The van der Waals surface area contributed by atoms with Crippen molar-refractivity contribution in [3.63, 3.8) is 0 Å². The van der Waals surface area contributed by atoms with E-state index in [2.05, 4.69) is 37.9 Å². The van der Waals surface area contributed by atoms with Gasteiger partial charge in [0.25, 0.3) is 0 Å². The Balaban J connectivity index is 1.39. The van der Waals surface area contributed by atoms with Gasteiger partial charge in [-0.05, 0) is 87.5 Å². The standard InChI is InChI=1S/C26H39NO2/c1-17-14-26(29)15-18(4-5-19-10-13-27-16-19)8-12-25(26,3)21-9-11-24(2)20(23(17)21)6-7-22(24)28/h4-5,18-21,23,27,29H,1,6-16H2,2-3H3/b5-4-/t18-,19-,20+,21+,23+,24+,25-,26-/m1/s1. The number of Topliss-reactive ketones (excluding diaryl/α,β-unsaturated/α-hetero) is 1. The number of allylic oxidation sites excluding steroid dienone is 1. The van der Waals surface area contributed by atoms with Gasteiger partial charge in [0.15, 0.2) is 0 Å². The Labute approximate surface area is 176 Å². The fourth-order valence-electron chi connectivity index (χ4n) is 8.30. The van der Waals surface area contributed by atoms with E-state index in [1.807, 2.05) is 0 Å². The van der Waals surface area contributed by atoms with Crippen molar-refractivity contribution in [2.75, 3.05) is 13.1 Å². The number of carbonyl (C=O) groups is 1. The third-order valence-electron chi connectivity index (χ3n) is 10.2. The van der Waals surface area contributed by atoms with E-state index in [1.54, 1.807) is 0 Å². The van der Waals surface area contributed by atoms with Crippen molar-refractivity contribution >= 4 is 5.78 Å². The van der Waals surface area contributed by atoms with E-state index in [4.69, 9.17) is 0 Å². The highest BCUT2D eigenvalue weighted by Gasteiger charge is 2.65. The second kappa shape index (κ2) is 6.79.